The summed E-state index contributed by atoms with van der Waals surface area (Å²) < 4.78 is 2.04. The molecule has 1 atom stereocenters. The van der Waals surface area contributed by atoms with Crippen LogP contribution in [0.2, 0.25) is 0 Å². The van der Waals surface area contributed by atoms with E-state index in [0.29, 0.717) is 16.8 Å². The number of hydrogen-bond donors (Lipinski definition) is 1. The summed E-state index contributed by atoms with van der Waals surface area (Å²) in [4.78, 5) is 12.4. The highest BCUT2D eigenvalue weighted by Crippen LogP contribution is 2.30. The second kappa shape index (κ2) is 9.90. The fourth-order valence-electron chi connectivity index (χ4n) is 3.19. The van der Waals surface area contributed by atoms with Gasteiger partial charge in [0.1, 0.15) is 0 Å². The number of thioether (sulfide) groups is 1. The third-order valence-electron chi connectivity index (χ3n) is 5.66. The number of nitrogens with one attached hydrogen (secondary N) is 1. The lowest BCUT2D eigenvalue weighted by molar-refractivity contribution is -0.119. The average molecular weight is 451 g/mol. The number of aryl methyl sites for hydroxylation is 1. The average Bonchev–Trinajstić information content (AvgIpc) is 3.16. The molecule has 0 aliphatic rings. The van der Waals surface area contributed by atoms with Gasteiger partial charge in [-0.25, -0.2) is 0 Å². The Labute approximate surface area is 196 Å². The normalized spacial score (nSPS) is 12.8. The number of amides is 1. The van der Waals surface area contributed by atoms with Crippen LogP contribution in [0.4, 0.5) is 0 Å². The molecule has 0 aliphatic heterocycles. The third-order valence-corrected chi connectivity index (χ3v) is 6.58. The summed E-state index contributed by atoms with van der Waals surface area (Å²) in [5, 5.41) is 12.7. The summed E-state index contributed by atoms with van der Waals surface area (Å²) in [6.07, 6.45) is 0. The maximum atomic E-state index is 12.4. The Kier molecular flexibility index (Phi) is 7.44. The maximum absolute atomic E-state index is 12.4. The molecule has 0 aliphatic carbocycles. The zero-order valence-electron chi connectivity index (χ0n) is 20.1. The van der Waals surface area contributed by atoms with Gasteiger partial charge in [0.05, 0.1) is 5.75 Å². The van der Waals surface area contributed by atoms with E-state index in [0.717, 1.165) is 17.1 Å². The van der Waals surface area contributed by atoms with Gasteiger partial charge in [-0.15, -0.1) is 10.2 Å². The molecule has 3 rings (SSSR count). The number of carbonyl (C=O) groups excluding carboxylic acids is 1. The van der Waals surface area contributed by atoms with E-state index in [2.05, 4.69) is 106 Å². The number of benzene rings is 2. The monoisotopic (exact) mass is 450 g/mol. The van der Waals surface area contributed by atoms with Crippen molar-refractivity contribution >= 4 is 17.7 Å². The topological polar surface area (TPSA) is 59.8 Å². The minimum absolute atomic E-state index is 0.00531. The van der Waals surface area contributed by atoms with Crippen molar-refractivity contribution in [2.75, 3.05) is 5.75 Å². The smallest absolute Gasteiger partial charge is 0.230 e. The van der Waals surface area contributed by atoms with Crippen LogP contribution in [0.1, 0.15) is 52.7 Å². The van der Waals surface area contributed by atoms with E-state index in [1.807, 2.05) is 11.5 Å². The van der Waals surface area contributed by atoms with Crippen LogP contribution in [-0.4, -0.2) is 32.5 Å². The Morgan fingerprint density at radius 3 is 2.19 bits per heavy atom. The minimum atomic E-state index is 0.00531. The van der Waals surface area contributed by atoms with Crippen molar-refractivity contribution in [2.45, 2.75) is 65.1 Å². The lowest BCUT2D eigenvalue weighted by Gasteiger charge is -2.19. The molecule has 0 fully saturated rings. The third kappa shape index (κ3) is 5.80. The number of carbonyl (C=O) groups is 1. The fourth-order valence-corrected chi connectivity index (χ4v) is 3.95. The van der Waals surface area contributed by atoms with E-state index < -0.39 is 0 Å². The fraction of sp³-hybridized carbons (Fsp3) is 0.423. The first-order chi connectivity index (χ1) is 15.1. The molecule has 0 saturated carbocycles. The first kappa shape index (κ1) is 24.1. The van der Waals surface area contributed by atoms with Crippen LogP contribution in [0.25, 0.3) is 17.1 Å². The molecule has 6 heteroatoms. The van der Waals surface area contributed by atoms with E-state index in [4.69, 9.17) is 0 Å². The lowest BCUT2D eigenvalue weighted by Crippen LogP contribution is -2.37. The van der Waals surface area contributed by atoms with Crippen LogP contribution in [0, 0.1) is 12.8 Å². The van der Waals surface area contributed by atoms with Crippen LogP contribution < -0.4 is 5.32 Å². The maximum Gasteiger partial charge on any atom is 0.230 e. The summed E-state index contributed by atoms with van der Waals surface area (Å²) in [6.45, 7) is 14.9. The summed E-state index contributed by atoms with van der Waals surface area (Å²) in [6, 6.07) is 16.9. The van der Waals surface area contributed by atoms with Crippen LogP contribution >= 0.6 is 11.8 Å². The van der Waals surface area contributed by atoms with Crippen LogP contribution in [0.3, 0.4) is 0 Å². The predicted octanol–water partition coefficient (Wildman–Crippen LogP) is 5.79. The van der Waals surface area contributed by atoms with Gasteiger partial charge in [-0.05, 0) is 42.9 Å². The number of hydrogen-bond acceptors (Lipinski definition) is 4. The second-order valence-electron chi connectivity index (χ2n) is 9.69. The summed E-state index contributed by atoms with van der Waals surface area (Å²) in [5.74, 6) is 1.46. The zero-order valence-corrected chi connectivity index (χ0v) is 21.0. The van der Waals surface area contributed by atoms with Crippen molar-refractivity contribution < 1.29 is 4.79 Å². The van der Waals surface area contributed by atoms with Crippen molar-refractivity contribution in [1.29, 1.82) is 0 Å². The highest BCUT2D eigenvalue weighted by atomic mass is 32.2. The largest absolute Gasteiger partial charge is 0.353 e. The first-order valence-electron chi connectivity index (χ1n) is 11.1. The van der Waals surface area contributed by atoms with E-state index in [-0.39, 0.29) is 17.4 Å². The molecule has 3 aromatic rings. The molecule has 1 aromatic heterocycles. The SMILES string of the molecule is Cc1ccc(-n2c(SCC(=O)N[C@@H](C)C(C)C)nnc2-c2ccc(C(C)(C)C)cc2)cc1. The Balaban J connectivity index is 1.92. The highest BCUT2D eigenvalue weighted by Gasteiger charge is 2.19. The van der Waals surface area contributed by atoms with Crippen molar-refractivity contribution in [2.24, 2.45) is 5.92 Å². The van der Waals surface area contributed by atoms with E-state index in [1.54, 1.807) is 0 Å². The summed E-state index contributed by atoms with van der Waals surface area (Å²) in [5.41, 5.74) is 4.53. The molecule has 0 spiro atoms. The molecule has 0 radical (unpaired) electrons. The molecule has 170 valence electrons. The highest BCUT2D eigenvalue weighted by molar-refractivity contribution is 7.99. The Bertz CT molecular complexity index is 1050. The van der Waals surface area contributed by atoms with Gasteiger partial charge in [0.25, 0.3) is 0 Å². The zero-order chi connectivity index (χ0) is 23.5. The first-order valence-corrected chi connectivity index (χ1v) is 12.1. The molecule has 0 saturated heterocycles. The van der Waals surface area contributed by atoms with Gasteiger partial charge in [-0.2, -0.15) is 0 Å². The Morgan fingerprint density at radius 2 is 1.62 bits per heavy atom. The van der Waals surface area contributed by atoms with Gasteiger partial charge < -0.3 is 5.32 Å². The minimum Gasteiger partial charge on any atom is -0.353 e. The summed E-state index contributed by atoms with van der Waals surface area (Å²) in [7, 11) is 0. The van der Waals surface area contributed by atoms with E-state index in [9.17, 15) is 4.79 Å². The predicted molar refractivity (Wildman–Crippen MR) is 133 cm³/mol. The van der Waals surface area contributed by atoms with Gasteiger partial charge in [-0.3, -0.25) is 9.36 Å². The number of aromatic nitrogens is 3. The van der Waals surface area contributed by atoms with Crippen LogP contribution in [-0.2, 0) is 10.2 Å². The molecular formula is C26H34N4OS. The standard InChI is InChI=1S/C26H34N4OS/c1-17(2)19(4)27-23(31)16-32-25-29-28-24(30(25)22-14-8-18(3)9-15-22)20-10-12-21(13-11-20)26(5,6)7/h8-15,17,19H,16H2,1-7H3,(H,27,31)/t19-/m0/s1. The molecule has 1 N–H and O–H groups in total. The quantitative estimate of drug-likeness (QED) is 0.463. The molecule has 32 heavy (non-hydrogen) atoms. The van der Waals surface area contributed by atoms with Crippen molar-refractivity contribution in [3.05, 3.63) is 59.7 Å². The van der Waals surface area contributed by atoms with Gasteiger partial charge in [0, 0.05) is 17.3 Å². The van der Waals surface area contributed by atoms with Crippen molar-refractivity contribution in [3.8, 4) is 17.1 Å². The van der Waals surface area contributed by atoms with Gasteiger partial charge in [0.2, 0.25) is 5.91 Å². The van der Waals surface area contributed by atoms with Crippen LogP contribution in [0.15, 0.2) is 53.7 Å². The molecule has 2 aromatic carbocycles. The second-order valence-corrected chi connectivity index (χ2v) is 10.6. The molecular weight excluding hydrogens is 416 g/mol. The lowest BCUT2D eigenvalue weighted by atomic mass is 9.87. The number of nitrogens with zero attached hydrogens (tertiary/aromatic N) is 3. The van der Waals surface area contributed by atoms with E-state index in [1.165, 1.54) is 22.9 Å². The van der Waals surface area contributed by atoms with Gasteiger partial charge in [0.15, 0.2) is 11.0 Å². The Hall–Kier alpha value is -2.60. The Morgan fingerprint density at radius 1 is 1.00 bits per heavy atom. The van der Waals surface area contributed by atoms with Crippen molar-refractivity contribution in [1.82, 2.24) is 20.1 Å². The molecule has 1 amide bonds. The van der Waals surface area contributed by atoms with Gasteiger partial charge >= 0.3 is 0 Å². The van der Waals surface area contributed by atoms with Gasteiger partial charge in [-0.1, -0.05) is 88.3 Å². The summed E-state index contributed by atoms with van der Waals surface area (Å²) >= 11 is 1.41. The molecule has 1 heterocycles. The van der Waals surface area contributed by atoms with E-state index >= 15 is 0 Å². The molecule has 5 nitrogen and oxygen atoms in total. The molecule has 0 bridgehead atoms. The molecule has 0 unspecified atom stereocenters. The van der Waals surface area contributed by atoms with Crippen LogP contribution in [0.5, 0.6) is 0 Å². The number of rotatable bonds is 7. The van der Waals surface area contributed by atoms with Crippen molar-refractivity contribution in [3.63, 3.8) is 0 Å².